The van der Waals surface area contributed by atoms with Crippen molar-refractivity contribution in [2.75, 3.05) is 19.0 Å². The van der Waals surface area contributed by atoms with Gasteiger partial charge in [0.1, 0.15) is 0 Å². The number of methoxy groups -OCH3 is 1. The number of benzene rings is 1. The standard InChI is InChI=1S/C12H15BrClNO/c1-16-7-12(8-2-3-8)15-11-6-9(13)4-5-10(11)14/h4-6,8,12,15H,2-3,7H2,1H3. The van der Waals surface area contributed by atoms with E-state index < -0.39 is 0 Å². The molecular formula is C12H15BrClNO. The molecule has 0 aromatic heterocycles. The van der Waals surface area contributed by atoms with Crippen LogP contribution in [0, 0.1) is 5.92 Å². The van der Waals surface area contributed by atoms with Gasteiger partial charge in [-0.2, -0.15) is 0 Å². The van der Waals surface area contributed by atoms with Crippen LogP contribution >= 0.6 is 27.5 Å². The molecule has 0 saturated heterocycles. The van der Waals surface area contributed by atoms with Crippen LogP contribution in [0.4, 0.5) is 5.69 Å². The molecule has 2 nitrogen and oxygen atoms in total. The van der Waals surface area contributed by atoms with E-state index in [2.05, 4.69) is 21.2 Å². The lowest BCUT2D eigenvalue weighted by Crippen LogP contribution is -2.27. The lowest BCUT2D eigenvalue weighted by molar-refractivity contribution is 0.179. The molecule has 1 aliphatic rings. The number of ether oxygens (including phenoxy) is 1. The zero-order chi connectivity index (χ0) is 11.5. The van der Waals surface area contributed by atoms with Crippen LogP contribution < -0.4 is 5.32 Å². The maximum atomic E-state index is 6.14. The van der Waals surface area contributed by atoms with Gasteiger partial charge in [-0.05, 0) is 37.0 Å². The van der Waals surface area contributed by atoms with Gasteiger partial charge in [0.2, 0.25) is 0 Å². The molecule has 0 heterocycles. The molecule has 1 fully saturated rings. The highest BCUT2D eigenvalue weighted by atomic mass is 79.9. The minimum atomic E-state index is 0.372. The minimum absolute atomic E-state index is 0.372. The lowest BCUT2D eigenvalue weighted by Gasteiger charge is -2.19. The molecule has 0 bridgehead atoms. The summed E-state index contributed by atoms with van der Waals surface area (Å²) in [5.74, 6) is 0.731. The zero-order valence-electron chi connectivity index (χ0n) is 9.17. The fourth-order valence-corrected chi connectivity index (χ4v) is 2.31. The van der Waals surface area contributed by atoms with E-state index in [0.717, 1.165) is 27.7 Å². The van der Waals surface area contributed by atoms with Crippen LogP contribution in [0.15, 0.2) is 22.7 Å². The number of anilines is 1. The molecule has 1 aromatic rings. The summed E-state index contributed by atoms with van der Waals surface area (Å²) in [6, 6.07) is 6.21. The predicted octanol–water partition coefficient (Wildman–Crippen LogP) is 3.94. The van der Waals surface area contributed by atoms with Crippen molar-refractivity contribution in [3.8, 4) is 0 Å². The molecule has 0 aliphatic heterocycles. The van der Waals surface area contributed by atoms with Gasteiger partial charge in [-0.3, -0.25) is 0 Å². The first kappa shape index (κ1) is 12.2. The molecule has 1 aliphatic carbocycles. The Morgan fingerprint density at radius 2 is 2.31 bits per heavy atom. The van der Waals surface area contributed by atoms with E-state index >= 15 is 0 Å². The number of nitrogens with one attached hydrogen (secondary N) is 1. The van der Waals surface area contributed by atoms with Crippen LogP contribution in [0.25, 0.3) is 0 Å². The van der Waals surface area contributed by atoms with Crippen LogP contribution in [0.2, 0.25) is 5.02 Å². The third kappa shape index (κ3) is 3.12. The molecule has 4 heteroatoms. The Hall–Kier alpha value is -0.250. The van der Waals surface area contributed by atoms with Crippen LogP contribution in [0.5, 0.6) is 0 Å². The molecule has 16 heavy (non-hydrogen) atoms. The van der Waals surface area contributed by atoms with Crippen molar-refractivity contribution >= 4 is 33.2 Å². The maximum absolute atomic E-state index is 6.14. The largest absolute Gasteiger partial charge is 0.383 e. The summed E-state index contributed by atoms with van der Waals surface area (Å²) in [4.78, 5) is 0. The topological polar surface area (TPSA) is 21.3 Å². The molecule has 1 N–H and O–H groups in total. The quantitative estimate of drug-likeness (QED) is 0.889. The third-order valence-corrected chi connectivity index (χ3v) is 3.63. The Morgan fingerprint density at radius 3 is 2.94 bits per heavy atom. The summed E-state index contributed by atoms with van der Waals surface area (Å²) in [6.45, 7) is 0.730. The molecule has 0 amide bonds. The summed E-state index contributed by atoms with van der Waals surface area (Å²) in [5, 5.41) is 4.22. The molecule has 1 aromatic carbocycles. The molecule has 88 valence electrons. The van der Waals surface area contributed by atoms with Gasteiger partial charge in [0.25, 0.3) is 0 Å². The smallest absolute Gasteiger partial charge is 0.0666 e. The van der Waals surface area contributed by atoms with Gasteiger partial charge in [-0.1, -0.05) is 27.5 Å². The number of halogens is 2. The fourth-order valence-electron chi connectivity index (χ4n) is 1.78. The SMILES string of the molecule is COCC(Nc1cc(Br)ccc1Cl)C1CC1. The van der Waals surface area contributed by atoms with Crippen molar-refractivity contribution in [3.05, 3.63) is 27.7 Å². The molecule has 1 atom stereocenters. The molecular weight excluding hydrogens is 289 g/mol. The third-order valence-electron chi connectivity index (χ3n) is 2.81. The van der Waals surface area contributed by atoms with E-state index in [-0.39, 0.29) is 0 Å². The van der Waals surface area contributed by atoms with E-state index in [1.54, 1.807) is 7.11 Å². The van der Waals surface area contributed by atoms with Crippen LogP contribution in [-0.2, 0) is 4.74 Å². The first-order valence-electron chi connectivity index (χ1n) is 5.41. The van der Waals surface area contributed by atoms with Crippen LogP contribution in [0.3, 0.4) is 0 Å². The molecule has 2 rings (SSSR count). The normalized spacial score (nSPS) is 17.2. The van der Waals surface area contributed by atoms with E-state index in [1.165, 1.54) is 12.8 Å². The van der Waals surface area contributed by atoms with Crippen molar-refractivity contribution in [1.29, 1.82) is 0 Å². The second kappa shape index (κ2) is 5.39. The van der Waals surface area contributed by atoms with Gasteiger partial charge in [-0.15, -0.1) is 0 Å². The summed E-state index contributed by atoms with van der Waals surface area (Å²) >= 11 is 9.59. The van der Waals surface area contributed by atoms with Crippen molar-refractivity contribution in [1.82, 2.24) is 0 Å². The average molecular weight is 305 g/mol. The molecule has 1 unspecified atom stereocenters. The van der Waals surface area contributed by atoms with Crippen molar-refractivity contribution in [2.45, 2.75) is 18.9 Å². The summed E-state index contributed by atoms with van der Waals surface area (Å²) in [6.07, 6.45) is 2.57. The van der Waals surface area contributed by atoms with Gasteiger partial charge in [0.15, 0.2) is 0 Å². The van der Waals surface area contributed by atoms with Crippen molar-refractivity contribution in [2.24, 2.45) is 5.92 Å². The first-order valence-corrected chi connectivity index (χ1v) is 6.58. The van der Waals surface area contributed by atoms with Crippen molar-refractivity contribution in [3.63, 3.8) is 0 Å². The van der Waals surface area contributed by atoms with E-state index in [9.17, 15) is 0 Å². The second-order valence-corrected chi connectivity index (χ2v) is 5.49. The molecule has 1 saturated carbocycles. The Bertz CT molecular complexity index is 368. The Labute approximate surface area is 109 Å². The van der Waals surface area contributed by atoms with Crippen LogP contribution in [0.1, 0.15) is 12.8 Å². The van der Waals surface area contributed by atoms with Crippen molar-refractivity contribution < 1.29 is 4.74 Å². The van der Waals surface area contributed by atoms with Gasteiger partial charge >= 0.3 is 0 Å². The summed E-state index contributed by atoms with van der Waals surface area (Å²) < 4.78 is 6.26. The monoisotopic (exact) mass is 303 g/mol. The van der Waals surface area contributed by atoms with Gasteiger partial charge in [0, 0.05) is 11.6 Å². The molecule has 0 radical (unpaired) electrons. The fraction of sp³-hybridized carbons (Fsp3) is 0.500. The van der Waals surface area contributed by atoms with E-state index in [4.69, 9.17) is 16.3 Å². The number of hydrogen-bond acceptors (Lipinski definition) is 2. The predicted molar refractivity (Wildman–Crippen MR) is 71.2 cm³/mol. The van der Waals surface area contributed by atoms with Gasteiger partial charge in [-0.25, -0.2) is 0 Å². The lowest BCUT2D eigenvalue weighted by atomic mass is 10.2. The molecule has 0 spiro atoms. The van der Waals surface area contributed by atoms with Gasteiger partial charge < -0.3 is 10.1 Å². The van der Waals surface area contributed by atoms with E-state index in [1.807, 2.05) is 18.2 Å². The summed E-state index contributed by atoms with van der Waals surface area (Å²) in [7, 11) is 1.74. The first-order chi connectivity index (χ1) is 7.70. The van der Waals surface area contributed by atoms with Gasteiger partial charge in [0.05, 0.1) is 23.4 Å². The second-order valence-electron chi connectivity index (χ2n) is 4.17. The van der Waals surface area contributed by atoms with E-state index in [0.29, 0.717) is 6.04 Å². The average Bonchev–Trinajstić information content (AvgIpc) is 3.06. The number of hydrogen-bond donors (Lipinski definition) is 1. The highest BCUT2D eigenvalue weighted by Crippen LogP contribution is 2.36. The highest BCUT2D eigenvalue weighted by Gasteiger charge is 2.31. The minimum Gasteiger partial charge on any atom is -0.383 e. The highest BCUT2D eigenvalue weighted by molar-refractivity contribution is 9.10. The summed E-state index contributed by atoms with van der Waals surface area (Å²) in [5.41, 5.74) is 0.977. The Morgan fingerprint density at radius 1 is 1.56 bits per heavy atom. The number of rotatable bonds is 5. The van der Waals surface area contributed by atoms with Crippen LogP contribution in [-0.4, -0.2) is 19.8 Å². The maximum Gasteiger partial charge on any atom is 0.0666 e. The Kier molecular flexibility index (Phi) is 4.11. The zero-order valence-corrected chi connectivity index (χ0v) is 11.5. The Balaban J connectivity index is 2.08.